The number of aromatic amines is 1. The van der Waals surface area contributed by atoms with Crippen LogP contribution < -0.4 is 5.32 Å². The van der Waals surface area contributed by atoms with Gasteiger partial charge in [0.05, 0.1) is 23.8 Å². The van der Waals surface area contributed by atoms with Crippen molar-refractivity contribution in [2.75, 3.05) is 11.6 Å². The monoisotopic (exact) mass is 381 g/mol. The second-order valence-corrected chi connectivity index (χ2v) is 8.22. The van der Waals surface area contributed by atoms with E-state index in [1.54, 1.807) is 10.8 Å². The Morgan fingerprint density at radius 1 is 1.30 bits per heavy atom. The molecule has 1 aromatic carbocycles. The van der Waals surface area contributed by atoms with E-state index in [4.69, 9.17) is 0 Å². The van der Waals surface area contributed by atoms with Gasteiger partial charge in [0, 0.05) is 16.7 Å². The normalized spacial score (nSPS) is 15.5. The average molecular weight is 381 g/mol. The Bertz CT molecular complexity index is 1150. The quantitative estimate of drug-likeness (QED) is 0.515. The maximum atomic E-state index is 12.0. The Balaban J connectivity index is 1.49. The van der Waals surface area contributed by atoms with Gasteiger partial charge in [-0.25, -0.2) is 4.98 Å². The van der Waals surface area contributed by atoms with Crippen molar-refractivity contribution < 1.29 is 4.55 Å². The molecule has 9 heteroatoms. The third-order valence-electron chi connectivity index (χ3n) is 4.75. The summed E-state index contributed by atoms with van der Waals surface area (Å²) in [5.41, 5.74) is 4.94. The maximum absolute atomic E-state index is 12.0. The molecule has 1 saturated carbocycles. The zero-order valence-corrected chi connectivity index (χ0v) is 15.9. The highest BCUT2D eigenvalue weighted by atomic mass is 32.2. The first-order valence-electron chi connectivity index (χ1n) is 8.87. The van der Waals surface area contributed by atoms with Crippen LogP contribution in [0.4, 0.5) is 5.95 Å². The second-order valence-electron chi connectivity index (χ2n) is 6.95. The summed E-state index contributed by atoms with van der Waals surface area (Å²) in [5.74, 6) is 1.83. The molecule has 4 aromatic rings. The van der Waals surface area contributed by atoms with E-state index in [-0.39, 0.29) is 0 Å². The molecule has 8 nitrogen and oxygen atoms in total. The fourth-order valence-corrected chi connectivity index (χ4v) is 3.65. The van der Waals surface area contributed by atoms with Crippen molar-refractivity contribution in [1.29, 1.82) is 0 Å². The Kier molecular flexibility index (Phi) is 3.80. The van der Waals surface area contributed by atoms with Crippen LogP contribution in [-0.2, 0) is 17.7 Å². The first kappa shape index (κ1) is 16.5. The molecule has 138 valence electrons. The SMILES string of the molecule is Cc1ccc2[nH]c(CNc3nc([S+](C)[O-])nc4c(C5CC5)cnn34)nc2c1. The van der Waals surface area contributed by atoms with Crippen molar-refractivity contribution >= 4 is 33.8 Å². The van der Waals surface area contributed by atoms with Gasteiger partial charge in [-0.05, 0) is 43.4 Å². The van der Waals surface area contributed by atoms with Crippen LogP contribution in [0.1, 0.15) is 35.7 Å². The summed E-state index contributed by atoms with van der Waals surface area (Å²) >= 11 is -1.27. The van der Waals surface area contributed by atoms with E-state index in [9.17, 15) is 4.55 Å². The molecular formula is C18H19N7OS. The third kappa shape index (κ3) is 3.02. The van der Waals surface area contributed by atoms with Gasteiger partial charge in [-0.2, -0.15) is 14.6 Å². The number of aromatic nitrogens is 6. The Morgan fingerprint density at radius 2 is 2.15 bits per heavy atom. The molecule has 0 bridgehead atoms. The van der Waals surface area contributed by atoms with Gasteiger partial charge in [0.15, 0.2) is 5.65 Å². The predicted molar refractivity (Wildman–Crippen MR) is 103 cm³/mol. The Morgan fingerprint density at radius 3 is 2.93 bits per heavy atom. The van der Waals surface area contributed by atoms with Gasteiger partial charge in [-0.1, -0.05) is 6.07 Å². The van der Waals surface area contributed by atoms with E-state index in [1.165, 1.54) is 5.56 Å². The van der Waals surface area contributed by atoms with Crippen molar-refractivity contribution in [3.8, 4) is 0 Å². The average Bonchev–Trinajstić information content (AvgIpc) is 3.26. The summed E-state index contributed by atoms with van der Waals surface area (Å²) in [6, 6.07) is 6.13. The smallest absolute Gasteiger partial charge is 0.347 e. The fraction of sp³-hybridized carbons (Fsp3) is 0.333. The van der Waals surface area contributed by atoms with E-state index in [2.05, 4.69) is 36.4 Å². The van der Waals surface area contributed by atoms with Gasteiger partial charge in [-0.15, -0.1) is 4.98 Å². The van der Waals surface area contributed by atoms with Gasteiger partial charge in [-0.3, -0.25) is 0 Å². The third-order valence-corrected chi connectivity index (χ3v) is 5.45. The maximum Gasteiger partial charge on any atom is 0.347 e. The molecule has 0 aliphatic heterocycles. The van der Waals surface area contributed by atoms with E-state index >= 15 is 0 Å². The number of nitrogens with one attached hydrogen (secondary N) is 2. The molecule has 1 fully saturated rings. The van der Waals surface area contributed by atoms with Crippen LogP contribution in [0.3, 0.4) is 0 Å². The van der Waals surface area contributed by atoms with Crippen molar-refractivity contribution in [1.82, 2.24) is 29.5 Å². The molecule has 5 rings (SSSR count). The molecule has 27 heavy (non-hydrogen) atoms. The number of fused-ring (bicyclic) bond motifs is 2. The van der Waals surface area contributed by atoms with Crippen molar-refractivity contribution in [3.05, 3.63) is 41.3 Å². The summed E-state index contributed by atoms with van der Waals surface area (Å²) < 4.78 is 13.7. The van der Waals surface area contributed by atoms with Crippen LogP contribution >= 0.6 is 0 Å². The molecule has 1 atom stereocenters. The molecular weight excluding hydrogens is 362 g/mol. The van der Waals surface area contributed by atoms with Crippen LogP contribution in [0.25, 0.3) is 16.7 Å². The highest BCUT2D eigenvalue weighted by Crippen LogP contribution is 2.41. The van der Waals surface area contributed by atoms with E-state index in [0.29, 0.717) is 23.6 Å². The minimum Gasteiger partial charge on any atom is -0.609 e. The summed E-state index contributed by atoms with van der Waals surface area (Å²) in [4.78, 5) is 16.8. The van der Waals surface area contributed by atoms with Crippen molar-refractivity contribution in [3.63, 3.8) is 0 Å². The molecule has 3 aromatic heterocycles. The topological polar surface area (TPSA) is 107 Å². The predicted octanol–water partition coefficient (Wildman–Crippen LogP) is 2.54. The number of nitrogens with zero attached hydrogens (tertiary/aromatic N) is 5. The highest BCUT2D eigenvalue weighted by Gasteiger charge is 2.29. The Labute approximate surface area is 158 Å². The molecule has 1 unspecified atom stereocenters. The fourth-order valence-electron chi connectivity index (χ4n) is 3.22. The number of benzene rings is 1. The van der Waals surface area contributed by atoms with Gasteiger partial charge >= 0.3 is 5.16 Å². The molecule has 0 radical (unpaired) electrons. The number of anilines is 1. The standard InChI is InChI=1S/C18H19N7OS/c1-10-3-6-13-14(7-10)22-15(21-13)9-19-17-24-18(27(2)26)23-16-12(11-4-5-11)8-20-25(16)17/h3,6-8,11H,4-5,9H2,1-2H3,(H,21,22)(H,19,23,24). The minimum atomic E-state index is -1.27. The lowest BCUT2D eigenvalue weighted by atomic mass is 10.2. The molecule has 1 aliphatic carbocycles. The number of aryl methyl sites for hydroxylation is 1. The van der Waals surface area contributed by atoms with Gasteiger partial charge in [0.2, 0.25) is 5.95 Å². The molecule has 3 heterocycles. The van der Waals surface area contributed by atoms with Crippen LogP contribution in [0.5, 0.6) is 0 Å². The van der Waals surface area contributed by atoms with Gasteiger partial charge < -0.3 is 14.9 Å². The van der Waals surface area contributed by atoms with Crippen LogP contribution in [0.15, 0.2) is 29.6 Å². The molecule has 0 amide bonds. The van der Waals surface area contributed by atoms with Gasteiger partial charge in [0.25, 0.3) is 0 Å². The Hall–Kier alpha value is -2.65. The lowest BCUT2D eigenvalue weighted by Gasteiger charge is -2.09. The summed E-state index contributed by atoms with van der Waals surface area (Å²) in [7, 11) is 0. The van der Waals surface area contributed by atoms with Crippen molar-refractivity contribution in [2.45, 2.75) is 37.4 Å². The van der Waals surface area contributed by atoms with Crippen molar-refractivity contribution in [2.24, 2.45) is 0 Å². The summed E-state index contributed by atoms with van der Waals surface area (Å²) in [6.07, 6.45) is 5.73. The lowest BCUT2D eigenvalue weighted by molar-refractivity contribution is 0.591. The lowest BCUT2D eigenvalue weighted by Crippen LogP contribution is -2.14. The number of hydrogen-bond acceptors (Lipinski definition) is 6. The van der Waals surface area contributed by atoms with Crippen LogP contribution in [-0.4, -0.2) is 40.4 Å². The molecule has 1 aliphatic rings. The zero-order valence-electron chi connectivity index (χ0n) is 15.1. The van der Waals surface area contributed by atoms with Crippen LogP contribution in [0, 0.1) is 6.92 Å². The molecule has 2 N–H and O–H groups in total. The van der Waals surface area contributed by atoms with Gasteiger partial charge in [0.1, 0.15) is 12.1 Å². The minimum absolute atomic E-state index is 0.313. The number of hydrogen-bond donors (Lipinski definition) is 2. The van der Waals surface area contributed by atoms with E-state index in [1.807, 2.05) is 25.3 Å². The number of imidazole rings is 1. The summed E-state index contributed by atoms with van der Waals surface area (Å²) in [6.45, 7) is 2.50. The molecule has 0 spiro atoms. The highest BCUT2D eigenvalue weighted by molar-refractivity contribution is 7.90. The largest absolute Gasteiger partial charge is 0.609 e. The van der Waals surface area contributed by atoms with E-state index < -0.39 is 11.2 Å². The number of H-pyrrole nitrogens is 1. The van der Waals surface area contributed by atoms with E-state index in [0.717, 1.165) is 40.9 Å². The van der Waals surface area contributed by atoms with Crippen LogP contribution in [0.2, 0.25) is 0 Å². The second kappa shape index (κ2) is 6.21. The zero-order chi connectivity index (χ0) is 18.5. The first-order chi connectivity index (χ1) is 13.1. The summed E-state index contributed by atoms with van der Waals surface area (Å²) in [5, 5.41) is 8.03. The first-order valence-corrected chi connectivity index (χ1v) is 10.4. The number of rotatable bonds is 5. The molecule has 0 saturated heterocycles.